The number of pyridine rings is 1. The lowest BCUT2D eigenvalue weighted by molar-refractivity contribution is -0.128. The van der Waals surface area contributed by atoms with E-state index in [0.717, 1.165) is 53.1 Å². The van der Waals surface area contributed by atoms with Crippen LogP contribution in [0.25, 0.3) is 11.0 Å². The molecule has 0 aliphatic heterocycles. The van der Waals surface area contributed by atoms with E-state index in [9.17, 15) is 9.59 Å². The molecule has 0 bridgehead atoms. The number of benzene rings is 2. The molecule has 0 spiro atoms. The van der Waals surface area contributed by atoms with Gasteiger partial charge in [-0.3, -0.25) is 19.5 Å². The fourth-order valence-corrected chi connectivity index (χ4v) is 4.82. The number of aromatic nitrogens is 3. The molecular weight excluding hydrogens is 606 g/mol. The van der Waals surface area contributed by atoms with E-state index in [-0.39, 0.29) is 5.91 Å². The van der Waals surface area contributed by atoms with Gasteiger partial charge in [0.25, 0.3) is 12.4 Å². The van der Waals surface area contributed by atoms with Crippen molar-refractivity contribution in [3.63, 3.8) is 0 Å². The molecule has 256 valence electrons. The molecule has 2 aromatic carbocycles. The minimum absolute atomic E-state index is 0.134. The number of allylic oxidation sites excluding steroid dienone is 1. The van der Waals surface area contributed by atoms with E-state index >= 15 is 0 Å². The summed E-state index contributed by atoms with van der Waals surface area (Å²) in [5, 5.41) is 3.36. The second-order valence-electron chi connectivity index (χ2n) is 11.0. The third kappa shape index (κ3) is 11.9. The van der Waals surface area contributed by atoms with Gasteiger partial charge in [0, 0.05) is 43.0 Å². The van der Waals surface area contributed by atoms with Gasteiger partial charge in [-0.15, -0.1) is 0 Å². The van der Waals surface area contributed by atoms with Crippen molar-refractivity contribution in [3.05, 3.63) is 95.6 Å². The van der Waals surface area contributed by atoms with Crippen LogP contribution in [0.5, 0.6) is 0 Å². The first-order chi connectivity index (χ1) is 23.4. The van der Waals surface area contributed by atoms with Crippen LogP contribution in [0.15, 0.2) is 83.7 Å². The lowest BCUT2D eigenvalue weighted by atomic mass is 10.1. The molecule has 2 heterocycles. The number of aliphatic imine (C=N–C) groups is 1. The highest BCUT2D eigenvalue weighted by Crippen LogP contribution is 2.21. The van der Waals surface area contributed by atoms with Crippen LogP contribution < -0.4 is 16.0 Å². The minimum atomic E-state index is -0.134. The molecule has 4 N–H and O–H groups in total. The Bertz CT molecular complexity index is 1600. The fraction of sp³-hybridized carbons (Fsp3) is 0.378. The van der Waals surface area contributed by atoms with E-state index < -0.39 is 0 Å². The first-order valence-corrected chi connectivity index (χ1v) is 16.5. The number of nitrogens with zero attached hydrogens (tertiary/aromatic N) is 4. The molecule has 0 atom stereocenters. The molecule has 11 nitrogen and oxygen atoms in total. The van der Waals surface area contributed by atoms with Crippen molar-refractivity contribution in [3.8, 4) is 0 Å². The minimum Gasteiger partial charge on any atom is -0.501 e. The molecule has 0 radical (unpaired) electrons. The smallest absolute Gasteiger partial charge is 0.293 e. The number of hydrogen-bond acceptors (Lipinski definition) is 8. The molecule has 0 unspecified atom stereocenters. The third-order valence-electron chi connectivity index (χ3n) is 7.52. The van der Waals surface area contributed by atoms with Gasteiger partial charge in [-0.1, -0.05) is 45.6 Å². The van der Waals surface area contributed by atoms with Crippen LogP contribution in [0.1, 0.15) is 80.5 Å². The van der Waals surface area contributed by atoms with Crippen LogP contribution in [-0.4, -0.2) is 60.5 Å². The Morgan fingerprint density at radius 2 is 1.83 bits per heavy atom. The van der Waals surface area contributed by atoms with E-state index in [1.54, 1.807) is 31.3 Å². The number of carbonyl (C=O) groups is 2. The number of carbonyl (C=O) groups excluding carboxylic acids is 2. The second-order valence-corrected chi connectivity index (χ2v) is 11.0. The van der Waals surface area contributed by atoms with Crippen LogP contribution >= 0.6 is 0 Å². The Kier molecular flexibility index (Phi) is 16.2. The molecule has 11 heteroatoms. The Morgan fingerprint density at radius 1 is 1.04 bits per heavy atom. The van der Waals surface area contributed by atoms with Crippen LogP contribution in [0, 0.1) is 0 Å². The number of nitrogens with two attached hydrogens (primary N) is 1. The van der Waals surface area contributed by atoms with Gasteiger partial charge in [0.1, 0.15) is 17.5 Å². The average Bonchev–Trinajstić information content (AvgIpc) is 3.55. The van der Waals surface area contributed by atoms with Gasteiger partial charge in [0.15, 0.2) is 0 Å². The standard InChI is InChI=1S/C30H35N7O2.C7H14O2/c1-4-5-8-24(39-3)16-18-37(28-9-6-7-17-33-28)30(38)22-12-15-25-26(19-22)36-27(35-25)20-34-23-13-10-21(11-14-23)29(31)32-2;1-2-3-4-5-6-9-7-8/h6-15,17,19,34H,4-5,16,18,20H2,1-3H3,(H2,31,32)(H,35,36);7H,2-6H2,1H3/b24-8-;. The number of imidazole rings is 1. The monoisotopic (exact) mass is 655 g/mol. The van der Waals surface area contributed by atoms with Crippen LogP contribution in [0.2, 0.25) is 0 Å². The van der Waals surface area contributed by atoms with Crippen molar-refractivity contribution in [1.29, 1.82) is 0 Å². The summed E-state index contributed by atoms with van der Waals surface area (Å²) in [4.78, 5) is 41.4. The highest BCUT2D eigenvalue weighted by Gasteiger charge is 2.20. The summed E-state index contributed by atoms with van der Waals surface area (Å²) in [6.07, 6.45) is 11.0. The lowest BCUT2D eigenvalue weighted by Gasteiger charge is -2.22. The van der Waals surface area contributed by atoms with Crippen molar-refractivity contribution in [1.82, 2.24) is 15.0 Å². The highest BCUT2D eigenvalue weighted by molar-refractivity contribution is 6.07. The summed E-state index contributed by atoms with van der Waals surface area (Å²) in [6.45, 7) is 6.32. The number of fused-ring (bicyclic) bond motifs is 1. The van der Waals surface area contributed by atoms with Gasteiger partial charge >= 0.3 is 0 Å². The molecule has 0 aliphatic carbocycles. The lowest BCUT2D eigenvalue weighted by Crippen LogP contribution is -2.33. The van der Waals surface area contributed by atoms with E-state index in [2.05, 4.69) is 49.9 Å². The van der Waals surface area contributed by atoms with Crippen LogP contribution in [0.4, 0.5) is 11.5 Å². The molecule has 0 aliphatic rings. The molecule has 2 aromatic heterocycles. The van der Waals surface area contributed by atoms with Gasteiger partial charge in [0.05, 0.1) is 37.1 Å². The van der Waals surface area contributed by atoms with Crippen LogP contribution in [0.3, 0.4) is 0 Å². The number of amidine groups is 1. The maximum absolute atomic E-state index is 13.7. The van der Waals surface area contributed by atoms with E-state index in [1.807, 2.05) is 54.6 Å². The Morgan fingerprint density at radius 3 is 2.50 bits per heavy atom. The van der Waals surface area contributed by atoms with Crippen molar-refractivity contribution < 1.29 is 19.1 Å². The Labute approximate surface area is 283 Å². The molecular formula is C37H49N7O4. The van der Waals surface area contributed by atoms with Crippen molar-refractivity contribution in [2.24, 2.45) is 10.7 Å². The van der Waals surface area contributed by atoms with Gasteiger partial charge in [-0.25, -0.2) is 9.97 Å². The highest BCUT2D eigenvalue weighted by atomic mass is 16.5. The number of amides is 1. The molecule has 1 amide bonds. The number of H-pyrrole nitrogens is 1. The Balaban J connectivity index is 0.000000609. The first-order valence-electron chi connectivity index (χ1n) is 16.5. The van der Waals surface area contributed by atoms with Gasteiger partial charge < -0.3 is 25.5 Å². The van der Waals surface area contributed by atoms with Crippen LogP contribution in [-0.2, 0) is 20.8 Å². The van der Waals surface area contributed by atoms with Crippen molar-refractivity contribution in [2.45, 2.75) is 65.3 Å². The second kappa shape index (κ2) is 20.8. The number of methoxy groups -OCH3 is 1. The molecule has 4 aromatic rings. The topological polar surface area (TPSA) is 148 Å². The molecule has 0 saturated carbocycles. The number of anilines is 2. The fourth-order valence-electron chi connectivity index (χ4n) is 4.82. The number of rotatable bonds is 18. The normalized spacial score (nSPS) is 11.4. The predicted molar refractivity (Wildman–Crippen MR) is 193 cm³/mol. The molecule has 48 heavy (non-hydrogen) atoms. The summed E-state index contributed by atoms with van der Waals surface area (Å²) < 4.78 is 10.0. The summed E-state index contributed by atoms with van der Waals surface area (Å²) in [6, 6.07) is 18.8. The number of ether oxygens (including phenoxy) is 2. The van der Waals surface area contributed by atoms with E-state index in [0.29, 0.717) is 49.8 Å². The molecule has 0 saturated heterocycles. The first kappa shape index (κ1) is 37.3. The van der Waals surface area contributed by atoms with Gasteiger partial charge in [-0.05, 0) is 73.5 Å². The number of hydrogen-bond donors (Lipinski definition) is 3. The maximum atomic E-state index is 13.7. The number of unbranched alkanes of at least 4 members (excludes halogenated alkanes) is 4. The quantitative estimate of drug-likeness (QED) is 0.0341. The molecule has 0 fully saturated rings. The zero-order chi connectivity index (χ0) is 34.6. The van der Waals surface area contributed by atoms with E-state index in [1.165, 1.54) is 19.3 Å². The zero-order valence-corrected chi connectivity index (χ0v) is 28.6. The maximum Gasteiger partial charge on any atom is 0.293 e. The van der Waals surface area contributed by atoms with Crippen molar-refractivity contribution >= 4 is 40.8 Å². The average molecular weight is 656 g/mol. The zero-order valence-electron chi connectivity index (χ0n) is 28.6. The number of nitrogens with one attached hydrogen (secondary N) is 2. The summed E-state index contributed by atoms with van der Waals surface area (Å²) >= 11 is 0. The Hall–Kier alpha value is -5.19. The number of aromatic amines is 1. The summed E-state index contributed by atoms with van der Waals surface area (Å²) in [7, 11) is 3.33. The largest absolute Gasteiger partial charge is 0.501 e. The van der Waals surface area contributed by atoms with Gasteiger partial charge in [0.2, 0.25) is 0 Å². The summed E-state index contributed by atoms with van der Waals surface area (Å²) in [5.41, 5.74) is 9.82. The van der Waals surface area contributed by atoms with E-state index in [4.69, 9.17) is 10.5 Å². The SMILES string of the molecule is CCC/C=C(/CCN(C(=O)c1ccc2nc(CNc3ccc(C(N)=NC)cc3)[nH]c2c1)c1ccccn1)OC.CCCCCCOC=O. The third-order valence-corrected chi connectivity index (χ3v) is 7.52. The van der Waals surface area contributed by atoms with Crippen molar-refractivity contribution in [2.75, 3.05) is 37.5 Å². The van der Waals surface area contributed by atoms with Gasteiger partial charge in [-0.2, -0.15) is 0 Å². The summed E-state index contributed by atoms with van der Waals surface area (Å²) in [5.74, 6) is 2.59. The molecule has 4 rings (SSSR count). The predicted octanol–water partition coefficient (Wildman–Crippen LogP) is 7.01.